The quantitative estimate of drug-likeness (QED) is 0.762. The second-order valence-corrected chi connectivity index (χ2v) is 5.51. The van der Waals surface area contributed by atoms with Gasteiger partial charge < -0.3 is 15.4 Å². The summed E-state index contributed by atoms with van der Waals surface area (Å²) in [5, 5.41) is 6.86. The molecule has 4 nitrogen and oxygen atoms in total. The largest absolute Gasteiger partial charge is 0.383 e. The number of hydrogen-bond acceptors (Lipinski definition) is 4. The molecular weight excluding hydrogens is 226 g/mol. The molecule has 0 fully saturated rings. The fraction of sp³-hybridized carbons (Fsp3) is 0.643. The molecule has 18 heavy (non-hydrogen) atoms. The van der Waals surface area contributed by atoms with Crippen LogP contribution in [0, 0.1) is 6.92 Å². The molecule has 4 heteroatoms. The second kappa shape index (κ2) is 6.71. The molecule has 102 valence electrons. The van der Waals surface area contributed by atoms with Crippen LogP contribution in [0.5, 0.6) is 0 Å². The van der Waals surface area contributed by atoms with Crippen LogP contribution in [0.25, 0.3) is 0 Å². The Morgan fingerprint density at radius 3 is 2.67 bits per heavy atom. The molecule has 2 N–H and O–H groups in total. The van der Waals surface area contributed by atoms with Gasteiger partial charge in [-0.15, -0.1) is 0 Å². The molecule has 0 spiro atoms. The van der Waals surface area contributed by atoms with Gasteiger partial charge >= 0.3 is 0 Å². The number of pyridine rings is 1. The summed E-state index contributed by atoms with van der Waals surface area (Å²) in [6.45, 7) is 10.8. The van der Waals surface area contributed by atoms with Gasteiger partial charge in [-0.3, -0.25) is 4.98 Å². The van der Waals surface area contributed by atoms with Gasteiger partial charge in [-0.05, 0) is 33.8 Å². The van der Waals surface area contributed by atoms with Crippen LogP contribution >= 0.6 is 0 Å². The van der Waals surface area contributed by atoms with Gasteiger partial charge in [0.2, 0.25) is 0 Å². The number of nitrogens with zero attached hydrogens (tertiary/aromatic N) is 1. The average molecular weight is 251 g/mol. The summed E-state index contributed by atoms with van der Waals surface area (Å²) in [6, 6.07) is 2.08. The van der Waals surface area contributed by atoms with Crippen molar-refractivity contribution in [2.24, 2.45) is 0 Å². The highest BCUT2D eigenvalue weighted by molar-refractivity contribution is 5.51. The smallest absolute Gasteiger partial charge is 0.0635 e. The first-order chi connectivity index (χ1) is 8.42. The van der Waals surface area contributed by atoms with Crippen molar-refractivity contribution in [3.05, 3.63) is 23.5 Å². The van der Waals surface area contributed by atoms with Crippen LogP contribution in [-0.4, -0.2) is 30.8 Å². The monoisotopic (exact) mass is 251 g/mol. The molecule has 1 aromatic rings. The van der Waals surface area contributed by atoms with E-state index in [2.05, 4.69) is 42.5 Å². The molecule has 0 aliphatic heterocycles. The Balaban J connectivity index is 2.70. The summed E-state index contributed by atoms with van der Waals surface area (Å²) >= 11 is 0. The summed E-state index contributed by atoms with van der Waals surface area (Å²) in [4.78, 5) is 4.36. The number of aromatic nitrogens is 1. The summed E-state index contributed by atoms with van der Waals surface area (Å²) in [7, 11) is 1.71. The zero-order valence-electron chi connectivity index (χ0n) is 12.1. The van der Waals surface area contributed by atoms with E-state index in [1.165, 1.54) is 5.56 Å². The standard InChI is InChI=1S/C14H25N3O/c1-11-8-13(15-6-7-18-5)12(9-16-11)10-17-14(2,3)4/h8-9,17H,6-7,10H2,1-5H3,(H,15,16). The van der Waals surface area contributed by atoms with E-state index in [-0.39, 0.29) is 5.54 Å². The number of hydrogen-bond donors (Lipinski definition) is 2. The highest BCUT2D eigenvalue weighted by Gasteiger charge is 2.10. The lowest BCUT2D eigenvalue weighted by Gasteiger charge is -2.22. The normalized spacial score (nSPS) is 11.6. The van der Waals surface area contributed by atoms with Crippen molar-refractivity contribution in [3.8, 4) is 0 Å². The first-order valence-corrected chi connectivity index (χ1v) is 6.36. The lowest BCUT2D eigenvalue weighted by Crippen LogP contribution is -2.35. The molecule has 0 amide bonds. The van der Waals surface area contributed by atoms with Gasteiger partial charge in [0, 0.05) is 48.9 Å². The lowest BCUT2D eigenvalue weighted by atomic mass is 10.1. The van der Waals surface area contributed by atoms with Gasteiger partial charge in [0.25, 0.3) is 0 Å². The van der Waals surface area contributed by atoms with Crippen molar-refractivity contribution in [3.63, 3.8) is 0 Å². The molecular formula is C14H25N3O. The molecule has 1 aromatic heterocycles. The van der Waals surface area contributed by atoms with Crippen LogP contribution < -0.4 is 10.6 Å². The molecule has 0 saturated heterocycles. The third-order valence-electron chi connectivity index (χ3n) is 2.55. The van der Waals surface area contributed by atoms with E-state index in [1.54, 1.807) is 7.11 Å². The molecule has 0 aromatic carbocycles. The maximum Gasteiger partial charge on any atom is 0.0635 e. The SMILES string of the molecule is COCCNc1cc(C)ncc1CNC(C)(C)C. The van der Waals surface area contributed by atoms with E-state index >= 15 is 0 Å². The second-order valence-electron chi connectivity index (χ2n) is 5.51. The molecule has 1 rings (SSSR count). The van der Waals surface area contributed by atoms with Crippen LogP contribution in [0.4, 0.5) is 5.69 Å². The number of anilines is 1. The third-order valence-corrected chi connectivity index (χ3v) is 2.55. The van der Waals surface area contributed by atoms with Crippen LogP contribution in [-0.2, 0) is 11.3 Å². The van der Waals surface area contributed by atoms with Crippen molar-refractivity contribution >= 4 is 5.69 Å². The molecule has 0 bridgehead atoms. The Hall–Kier alpha value is -1.13. The molecule has 0 unspecified atom stereocenters. The Morgan fingerprint density at radius 2 is 2.06 bits per heavy atom. The summed E-state index contributed by atoms with van der Waals surface area (Å²) < 4.78 is 5.05. The van der Waals surface area contributed by atoms with Gasteiger partial charge in [0.1, 0.15) is 0 Å². The molecule has 0 radical (unpaired) electrons. The van der Waals surface area contributed by atoms with Gasteiger partial charge in [0.15, 0.2) is 0 Å². The van der Waals surface area contributed by atoms with E-state index < -0.39 is 0 Å². The highest BCUT2D eigenvalue weighted by atomic mass is 16.5. The van der Waals surface area contributed by atoms with Crippen LogP contribution in [0.2, 0.25) is 0 Å². The first kappa shape index (κ1) is 14.9. The maximum absolute atomic E-state index is 5.05. The zero-order chi connectivity index (χ0) is 13.6. The Labute approximate surface area is 110 Å². The van der Waals surface area contributed by atoms with E-state index in [4.69, 9.17) is 4.74 Å². The predicted molar refractivity (Wildman–Crippen MR) is 75.9 cm³/mol. The van der Waals surface area contributed by atoms with Gasteiger partial charge in [-0.1, -0.05) is 0 Å². The molecule has 0 aliphatic rings. The van der Waals surface area contributed by atoms with Crippen molar-refractivity contribution in [2.45, 2.75) is 39.8 Å². The fourth-order valence-corrected chi connectivity index (χ4v) is 1.54. The number of ether oxygens (including phenoxy) is 1. The molecule has 1 heterocycles. The number of nitrogens with one attached hydrogen (secondary N) is 2. The van der Waals surface area contributed by atoms with Crippen LogP contribution in [0.3, 0.4) is 0 Å². The summed E-state index contributed by atoms with van der Waals surface area (Å²) in [5.41, 5.74) is 3.45. The molecule has 0 atom stereocenters. The fourth-order valence-electron chi connectivity index (χ4n) is 1.54. The molecule has 0 saturated carbocycles. The van der Waals surface area contributed by atoms with E-state index in [0.29, 0.717) is 6.61 Å². The lowest BCUT2D eigenvalue weighted by molar-refractivity contribution is 0.210. The minimum absolute atomic E-state index is 0.106. The van der Waals surface area contributed by atoms with Gasteiger partial charge in [-0.2, -0.15) is 0 Å². The van der Waals surface area contributed by atoms with E-state index in [1.807, 2.05) is 13.1 Å². The highest BCUT2D eigenvalue weighted by Crippen LogP contribution is 2.16. The third kappa shape index (κ3) is 5.47. The van der Waals surface area contributed by atoms with Crippen molar-refractivity contribution < 1.29 is 4.74 Å². The number of rotatable bonds is 6. The maximum atomic E-state index is 5.05. The number of aryl methyl sites for hydroxylation is 1. The minimum atomic E-state index is 0.106. The predicted octanol–water partition coefficient (Wildman–Crippen LogP) is 2.34. The van der Waals surface area contributed by atoms with E-state index in [9.17, 15) is 0 Å². The summed E-state index contributed by atoms with van der Waals surface area (Å²) in [5.74, 6) is 0. The van der Waals surface area contributed by atoms with Crippen LogP contribution in [0.1, 0.15) is 32.0 Å². The zero-order valence-corrected chi connectivity index (χ0v) is 12.1. The average Bonchev–Trinajstić information content (AvgIpc) is 2.27. The minimum Gasteiger partial charge on any atom is -0.383 e. The topological polar surface area (TPSA) is 46.2 Å². The Bertz CT molecular complexity index is 372. The van der Waals surface area contributed by atoms with Crippen molar-refractivity contribution in [1.29, 1.82) is 0 Å². The molecule has 0 aliphatic carbocycles. The van der Waals surface area contributed by atoms with Crippen molar-refractivity contribution in [2.75, 3.05) is 25.6 Å². The van der Waals surface area contributed by atoms with Gasteiger partial charge in [-0.25, -0.2) is 0 Å². The Morgan fingerprint density at radius 1 is 1.33 bits per heavy atom. The van der Waals surface area contributed by atoms with Crippen LogP contribution in [0.15, 0.2) is 12.3 Å². The summed E-state index contributed by atoms with van der Waals surface area (Å²) in [6.07, 6.45) is 1.93. The van der Waals surface area contributed by atoms with Crippen molar-refractivity contribution in [1.82, 2.24) is 10.3 Å². The van der Waals surface area contributed by atoms with Gasteiger partial charge in [0.05, 0.1) is 6.61 Å². The Kier molecular flexibility index (Phi) is 5.56. The first-order valence-electron chi connectivity index (χ1n) is 6.36. The number of methoxy groups -OCH3 is 1. The van der Waals surface area contributed by atoms with E-state index in [0.717, 1.165) is 24.5 Å².